The predicted octanol–water partition coefficient (Wildman–Crippen LogP) is 1.81. The van der Waals surface area contributed by atoms with Gasteiger partial charge in [0.25, 0.3) is 0 Å². The molecular weight excluding hydrogens is 160 g/mol. The number of nitrogens with two attached hydrogens (primary N) is 1. The molecule has 0 fully saturated rings. The second-order valence-corrected chi connectivity index (χ2v) is 3.41. The lowest BCUT2D eigenvalue weighted by Gasteiger charge is -2.08. The SMILES string of the molecule is Cc1ccc(/C(N)=C/N(C)C)cc1. The molecule has 0 amide bonds. The van der Waals surface area contributed by atoms with Crippen LogP contribution in [0.3, 0.4) is 0 Å². The van der Waals surface area contributed by atoms with Crippen molar-refractivity contribution in [3.63, 3.8) is 0 Å². The lowest BCUT2D eigenvalue weighted by Crippen LogP contribution is -2.06. The van der Waals surface area contributed by atoms with Gasteiger partial charge in [-0.2, -0.15) is 0 Å². The average molecular weight is 176 g/mol. The number of aryl methyl sites for hydroxylation is 1. The van der Waals surface area contributed by atoms with E-state index in [0.717, 1.165) is 11.3 Å². The molecule has 2 N–H and O–H groups in total. The van der Waals surface area contributed by atoms with Crippen molar-refractivity contribution in [2.24, 2.45) is 5.73 Å². The number of hydrogen-bond acceptors (Lipinski definition) is 2. The van der Waals surface area contributed by atoms with E-state index in [2.05, 4.69) is 19.1 Å². The van der Waals surface area contributed by atoms with Crippen LogP contribution in [-0.4, -0.2) is 19.0 Å². The molecule has 1 rings (SSSR count). The van der Waals surface area contributed by atoms with E-state index in [0.29, 0.717) is 0 Å². The Morgan fingerprint density at radius 2 is 1.77 bits per heavy atom. The Balaban J connectivity index is 2.89. The van der Waals surface area contributed by atoms with Crippen LogP contribution in [0.4, 0.5) is 0 Å². The summed E-state index contributed by atoms with van der Waals surface area (Å²) in [6.07, 6.45) is 1.91. The third-order valence-corrected chi connectivity index (χ3v) is 1.78. The summed E-state index contributed by atoms with van der Waals surface area (Å²) < 4.78 is 0. The summed E-state index contributed by atoms with van der Waals surface area (Å²) in [6, 6.07) is 8.19. The summed E-state index contributed by atoms with van der Waals surface area (Å²) >= 11 is 0. The van der Waals surface area contributed by atoms with Crippen molar-refractivity contribution >= 4 is 5.70 Å². The summed E-state index contributed by atoms with van der Waals surface area (Å²) in [7, 11) is 3.92. The fourth-order valence-electron chi connectivity index (χ4n) is 1.10. The van der Waals surface area contributed by atoms with Crippen LogP contribution < -0.4 is 5.73 Å². The van der Waals surface area contributed by atoms with Gasteiger partial charge in [0.2, 0.25) is 0 Å². The summed E-state index contributed by atoms with van der Waals surface area (Å²) in [5.74, 6) is 0. The summed E-state index contributed by atoms with van der Waals surface area (Å²) in [6.45, 7) is 2.07. The summed E-state index contributed by atoms with van der Waals surface area (Å²) in [5, 5.41) is 0. The highest BCUT2D eigenvalue weighted by Gasteiger charge is 1.95. The molecule has 0 heterocycles. The van der Waals surface area contributed by atoms with Gasteiger partial charge in [0.05, 0.1) is 5.70 Å². The third-order valence-electron chi connectivity index (χ3n) is 1.78. The Hall–Kier alpha value is -1.44. The van der Waals surface area contributed by atoms with Crippen LogP contribution >= 0.6 is 0 Å². The van der Waals surface area contributed by atoms with Gasteiger partial charge >= 0.3 is 0 Å². The molecule has 0 saturated carbocycles. The molecule has 2 heteroatoms. The third kappa shape index (κ3) is 2.82. The molecule has 1 aromatic carbocycles. The minimum absolute atomic E-state index is 0.796. The smallest absolute Gasteiger partial charge is 0.0549 e. The lowest BCUT2D eigenvalue weighted by atomic mass is 10.1. The minimum Gasteiger partial charge on any atom is -0.397 e. The average Bonchev–Trinajstić information content (AvgIpc) is 2.04. The highest BCUT2D eigenvalue weighted by Crippen LogP contribution is 2.09. The molecule has 70 valence electrons. The first kappa shape index (κ1) is 9.65. The van der Waals surface area contributed by atoms with Gasteiger partial charge in [-0.05, 0) is 12.5 Å². The number of benzene rings is 1. The van der Waals surface area contributed by atoms with Crippen LogP contribution in [0.5, 0.6) is 0 Å². The Bertz CT molecular complexity index is 296. The van der Waals surface area contributed by atoms with Gasteiger partial charge in [-0.25, -0.2) is 0 Å². The highest BCUT2D eigenvalue weighted by atomic mass is 15.0. The van der Waals surface area contributed by atoms with E-state index < -0.39 is 0 Å². The van der Waals surface area contributed by atoms with E-state index in [1.54, 1.807) is 0 Å². The zero-order valence-corrected chi connectivity index (χ0v) is 8.41. The van der Waals surface area contributed by atoms with E-state index in [-0.39, 0.29) is 0 Å². The van der Waals surface area contributed by atoms with Gasteiger partial charge in [0.15, 0.2) is 0 Å². The van der Waals surface area contributed by atoms with Crippen LogP contribution in [0.1, 0.15) is 11.1 Å². The van der Waals surface area contributed by atoms with Crippen molar-refractivity contribution in [2.75, 3.05) is 14.1 Å². The molecule has 0 aliphatic carbocycles. The van der Waals surface area contributed by atoms with Gasteiger partial charge in [0.1, 0.15) is 0 Å². The normalized spacial score (nSPS) is 11.5. The zero-order chi connectivity index (χ0) is 9.84. The molecule has 0 aliphatic heterocycles. The fraction of sp³-hybridized carbons (Fsp3) is 0.273. The molecular formula is C11H16N2. The minimum atomic E-state index is 0.796. The summed E-state index contributed by atoms with van der Waals surface area (Å²) in [4.78, 5) is 1.94. The molecule has 0 aromatic heterocycles. The van der Waals surface area contributed by atoms with Crippen molar-refractivity contribution < 1.29 is 0 Å². The number of hydrogen-bond donors (Lipinski definition) is 1. The van der Waals surface area contributed by atoms with Crippen molar-refractivity contribution in [1.82, 2.24) is 4.90 Å². The largest absolute Gasteiger partial charge is 0.397 e. The van der Waals surface area contributed by atoms with Crippen LogP contribution in [0.2, 0.25) is 0 Å². The van der Waals surface area contributed by atoms with Crippen molar-refractivity contribution in [1.29, 1.82) is 0 Å². The van der Waals surface area contributed by atoms with Crippen molar-refractivity contribution in [3.8, 4) is 0 Å². The maximum atomic E-state index is 5.87. The number of rotatable bonds is 2. The van der Waals surface area contributed by atoms with Crippen LogP contribution in [-0.2, 0) is 0 Å². The van der Waals surface area contributed by atoms with E-state index in [1.807, 2.05) is 37.3 Å². The Morgan fingerprint density at radius 1 is 1.23 bits per heavy atom. The first-order chi connectivity index (χ1) is 6.09. The van der Waals surface area contributed by atoms with E-state index >= 15 is 0 Å². The lowest BCUT2D eigenvalue weighted by molar-refractivity contribution is 0.565. The fourth-order valence-corrected chi connectivity index (χ4v) is 1.10. The quantitative estimate of drug-likeness (QED) is 0.744. The number of nitrogens with zero attached hydrogens (tertiary/aromatic N) is 1. The van der Waals surface area contributed by atoms with E-state index in [9.17, 15) is 0 Å². The first-order valence-corrected chi connectivity index (χ1v) is 4.30. The molecule has 0 spiro atoms. The van der Waals surface area contributed by atoms with E-state index in [4.69, 9.17) is 5.73 Å². The molecule has 0 atom stereocenters. The standard InChI is InChI=1S/C11H16N2/c1-9-4-6-10(7-5-9)11(12)8-13(2)3/h4-8H,12H2,1-3H3/b11-8-. The van der Waals surface area contributed by atoms with Gasteiger partial charge < -0.3 is 10.6 Å². The monoisotopic (exact) mass is 176 g/mol. The Morgan fingerprint density at radius 3 is 2.23 bits per heavy atom. The molecule has 0 bridgehead atoms. The molecule has 0 saturated heterocycles. The van der Waals surface area contributed by atoms with Gasteiger partial charge in [-0.1, -0.05) is 29.8 Å². The second-order valence-electron chi connectivity index (χ2n) is 3.41. The molecule has 0 unspecified atom stereocenters. The zero-order valence-electron chi connectivity index (χ0n) is 8.41. The van der Waals surface area contributed by atoms with Gasteiger partial charge in [-0.15, -0.1) is 0 Å². The van der Waals surface area contributed by atoms with Crippen molar-refractivity contribution in [2.45, 2.75) is 6.92 Å². The van der Waals surface area contributed by atoms with Gasteiger partial charge in [-0.3, -0.25) is 0 Å². The summed E-state index contributed by atoms with van der Waals surface area (Å²) in [5.41, 5.74) is 8.98. The van der Waals surface area contributed by atoms with Crippen molar-refractivity contribution in [3.05, 3.63) is 41.6 Å². The van der Waals surface area contributed by atoms with Crippen LogP contribution in [0, 0.1) is 6.92 Å². The highest BCUT2D eigenvalue weighted by molar-refractivity contribution is 5.62. The molecule has 2 nitrogen and oxygen atoms in total. The first-order valence-electron chi connectivity index (χ1n) is 4.30. The molecule has 0 aliphatic rings. The van der Waals surface area contributed by atoms with Crippen LogP contribution in [0.15, 0.2) is 30.5 Å². The Labute approximate surface area is 79.7 Å². The molecule has 1 aromatic rings. The van der Waals surface area contributed by atoms with Gasteiger partial charge in [0, 0.05) is 20.3 Å². The predicted molar refractivity (Wildman–Crippen MR) is 57.0 cm³/mol. The Kier molecular flexibility index (Phi) is 2.96. The maximum absolute atomic E-state index is 5.87. The second kappa shape index (κ2) is 3.99. The van der Waals surface area contributed by atoms with E-state index in [1.165, 1.54) is 5.56 Å². The van der Waals surface area contributed by atoms with Crippen LogP contribution in [0.25, 0.3) is 5.70 Å². The topological polar surface area (TPSA) is 29.3 Å². The molecule has 0 radical (unpaired) electrons. The maximum Gasteiger partial charge on any atom is 0.0549 e. The molecule has 13 heavy (non-hydrogen) atoms.